The summed E-state index contributed by atoms with van der Waals surface area (Å²) in [7, 11) is 1.52. The van der Waals surface area contributed by atoms with Gasteiger partial charge in [0.2, 0.25) is 5.95 Å². The van der Waals surface area contributed by atoms with Gasteiger partial charge in [-0.25, -0.2) is 4.98 Å². The molecule has 1 atom stereocenters. The number of carbonyl (C=O) groups is 1. The lowest BCUT2D eigenvalue weighted by Crippen LogP contribution is -2.45. The molecule has 1 aromatic carbocycles. The van der Waals surface area contributed by atoms with Crippen molar-refractivity contribution in [1.29, 1.82) is 0 Å². The molecule has 1 aromatic heterocycles. The second-order valence-corrected chi connectivity index (χ2v) is 5.65. The van der Waals surface area contributed by atoms with Gasteiger partial charge >= 0.3 is 0 Å². The highest BCUT2D eigenvalue weighted by atomic mass is 16.6. The molecular formula is C17H21N3O3. The van der Waals surface area contributed by atoms with Crippen molar-refractivity contribution in [3.63, 3.8) is 0 Å². The van der Waals surface area contributed by atoms with Gasteiger partial charge in [-0.3, -0.25) is 10.1 Å². The summed E-state index contributed by atoms with van der Waals surface area (Å²) in [5, 5.41) is 2.78. The van der Waals surface area contributed by atoms with E-state index in [0.29, 0.717) is 19.0 Å². The van der Waals surface area contributed by atoms with Crippen LogP contribution in [0.15, 0.2) is 30.5 Å². The van der Waals surface area contributed by atoms with Gasteiger partial charge in [0.05, 0.1) is 25.1 Å². The Kier molecular flexibility index (Phi) is 4.45. The lowest BCUT2D eigenvalue weighted by atomic mass is 10.0. The van der Waals surface area contributed by atoms with E-state index in [9.17, 15) is 4.79 Å². The van der Waals surface area contributed by atoms with Crippen LogP contribution in [0.1, 0.15) is 18.9 Å². The lowest BCUT2D eigenvalue weighted by molar-refractivity contribution is -0.137. The minimum Gasteiger partial charge on any atom is -0.378 e. The fourth-order valence-corrected chi connectivity index (χ4v) is 2.65. The Morgan fingerprint density at radius 3 is 2.83 bits per heavy atom. The van der Waals surface area contributed by atoms with Gasteiger partial charge in [-0.15, -0.1) is 0 Å². The predicted molar refractivity (Wildman–Crippen MR) is 87.2 cm³/mol. The summed E-state index contributed by atoms with van der Waals surface area (Å²) in [5.41, 5.74) is 2.25. The zero-order valence-corrected chi connectivity index (χ0v) is 13.4. The van der Waals surface area contributed by atoms with E-state index in [-0.39, 0.29) is 12.5 Å². The first-order chi connectivity index (χ1) is 11.2. The fraction of sp³-hybridized carbons (Fsp3) is 0.412. The van der Waals surface area contributed by atoms with Crippen molar-refractivity contribution < 1.29 is 14.3 Å². The number of imidazole rings is 1. The maximum atomic E-state index is 12.4. The van der Waals surface area contributed by atoms with Crippen molar-refractivity contribution >= 4 is 11.9 Å². The van der Waals surface area contributed by atoms with E-state index in [1.807, 2.05) is 12.1 Å². The Balaban J connectivity index is 1.72. The van der Waals surface area contributed by atoms with Crippen LogP contribution in [0.5, 0.6) is 0 Å². The molecule has 122 valence electrons. The zero-order chi connectivity index (χ0) is 16.3. The maximum Gasteiger partial charge on any atom is 0.261 e. The van der Waals surface area contributed by atoms with Gasteiger partial charge in [0.1, 0.15) is 0 Å². The second kappa shape index (κ2) is 6.52. The number of benzene rings is 1. The average Bonchev–Trinajstić information content (AvgIpc) is 3.25. The van der Waals surface area contributed by atoms with E-state index in [2.05, 4.69) is 34.3 Å². The van der Waals surface area contributed by atoms with Crippen molar-refractivity contribution in [2.24, 2.45) is 0 Å². The smallest absolute Gasteiger partial charge is 0.261 e. The monoisotopic (exact) mass is 315 g/mol. The van der Waals surface area contributed by atoms with E-state index in [4.69, 9.17) is 9.47 Å². The first kappa shape index (κ1) is 15.7. The van der Waals surface area contributed by atoms with Gasteiger partial charge in [-0.2, -0.15) is 0 Å². The zero-order valence-electron chi connectivity index (χ0n) is 13.4. The Labute approximate surface area is 135 Å². The number of aromatic amines is 1. The van der Waals surface area contributed by atoms with Crippen molar-refractivity contribution in [1.82, 2.24) is 9.97 Å². The van der Waals surface area contributed by atoms with Crippen molar-refractivity contribution in [2.75, 3.05) is 25.6 Å². The molecule has 1 unspecified atom stereocenters. The van der Waals surface area contributed by atoms with Crippen molar-refractivity contribution in [3.05, 3.63) is 36.0 Å². The molecule has 0 spiro atoms. The van der Waals surface area contributed by atoms with Gasteiger partial charge in [0, 0.05) is 13.5 Å². The van der Waals surface area contributed by atoms with E-state index in [1.54, 1.807) is 6.20 Å². The number of nitrogens with zero attached hydrogens (tertiary/aromatic N) is 1. The van der Waals surface area contributed by atoms with E-state index in [0.717, 1.165) is 17.7 Å². The summed E-state index contributed by atoms with van der Waals surface area (Å²) in [4.78, 5) is 19.8. The Hall–Kier alpha value is -2.18. The normalized spacial score (nSPS) is 20.6. The van der Waals surface area contributed by atoms with Gasteiger partial charge in [0.25, 0.3) is 5.91 Å². The van der Waals surface area contributed by atoms with E-state index in [1.165, 1.54) is 12.7 Å². The SMILES string of the molecule is CCc1ccc(-c2cnc(NC(=O)C3(OC)CCOC3)[nH]2)cc1. The Morgan fingerprint density at radius 1 is 1.43 bits per heavy atom. The number of nitrogens with one attached hydrogen (secondary N) is 2. The minimum absolute atomic E-state index is 0.236. The quantitative estimate of drug-likeness (QED) is 0.888. The number of methoxy groups -OCH3 is 1. The third-order valence-electron chi connectivity index (χ3n) is 4.27. The molecule has 1 amide bonds. The standard InChI is InChI=1S/C17H21N3O3/c1-3-12-4-6-13(7-5-12)14-10-18-16(19-14)20-15(21)17(22-2)8-9-23-11-17/h4-7,10H,3,8-9,11H2,1-2H3,(H2,18,19,20,21). The second-order valence-electron chi connectivity index (χ2n) is 5.65. The molecule has 6 nitrogen and oxygen atoms in total. The van der Waals surface area contributed by atoms with E-state index < -0.39 is 5.60 Å². The Bertz CT molecular complexity index is 673. The number of aryl methyl sites for hydroxylation is 1. The first-order valence-corrected chi connectivity index (χ1v) is 7.75. The summed E-state index contributed by atoms with van der Waals surface area (Å²) in [6.45, 7) is 2.91. The number of aromatic nitrogens is 2. The van der Waals surface area contributed by atoms with Crippen LogP contribution in [0.25, 0.3) is 11.3 Å². The number of H-pyrrole nitrogens is 1. The van der Waals surface area contributed by atoms with Crippen LogP contribution in [-0.4, -0.2) is 41.8 Å². The van der Waals surface area contributed by atoms with Gasteiger partial charge in [-0.05, 0) is 17.5 Å². The molecule has 0 radical (unpaired) electrons. The molecule has 1 aliphatic heterocycles. The maximum absolute atomic E-state index is 12.4. The molecule has 6 heteroatoms. The summed E-state index contributed by atoms with van der Waals surface area (Å²) in [5.74, 6) is 0.174. The number of anilines is 1. The van der Waals surface area contributed by atoms with Crippen LogP contribution in [0.4, 0.5) is 5.95 Å². The van der Waals surface area contributed by atoms with Crippen molar-refractivity contribution in [2.45, 2.75) is 25.4 Å². The molecule has 3 rings (SSSR count). The van der Waals surface area contributed by atoms with Gasteiger partial charge in [0.15, 0.2) is 5.60 Å². The van der Waals surface area contributed by atoms with Crippen LogP contribution in [0.2, 0.25) is 0 Å². The van der Waals surface area contributed by atoms with Crippen LogP contribution < -0.4 is 5.32 Å². The van der Waals surface area contributed by atoms with Crippen LogP contribution >= 0.6 is 0 Å². The molecule has 2 N–H and O–H groups in total. The van der Waals surface area contributed by atoms with Crippen LogP contribution in [-0.2, 0) is 20.7 Å². The molecule has 2 aromatic rings. The molecule has 1 saturated heterocycles. The minimum atomic E-state index is -0.921. The number of rotatable bonds is 5. The summed E-state index contributed by atoms with van der Waals surface area (Å²) >= 11 is 0. The largest absolute Gasteiger partial charge is 0.378 e. The topological polar surface area (TPSA) is 76.2 Å². The number of amides is 1. The lowest BCUT2D eigenvalue weighted by Gasteiger charge is -2.23. The molecule has 0 bridgehead atoms. The number of carbonyl (C=O) groups excluding carboxylic acids is 1. The van der Waals surface area contributed by atoms with Gasteiger partial charge in [-0.1, -0.05) is 31.2 Å². The highest BCUT2D eigenvalue weighted by molar-refractivity contribution is 5.96. The Morgan fingerprint density at radius 2 is 2.22 bits per heavy atom. The molecule has 0 aliphatic carbocycles. The molecule has 1 fully saturated rings. The van der Waals surface area contributed by atoms with Crippen LogP contribution in [0, 0.1) is 0 Å². The average molecular weight is 315 g/mol. The van der Waals surface area contributed by atoms with Gasteiger partial charge < -0.3 is 14.5 Å². The van der Waals surface area contributed by atoms with Crippen LogP contribution in [0.3, 0.4) is 0 Å². The third kappa shape index (κ3) is 3.13. The molecular weight excluding hydrogens is 294 g/mol. The van der Waals surface area contributed by atoms with Crippen molar-refractivity contribution in [3.8, 4) is 11.3 Å². The highest BCUT2D eigenvalue weighted by Gasteiger charge is 2.43. The summed E-state index contributed by atoms with van der Waals surface area (Å²) in [6, 6.07) is 8.26. The molecule has 1 aliphatic rings. The number of hydrogen-bond acceptors (Lipinski definition) is 4. The number of hydrogen-bond donors (Lipinski definition) is 2. The van der Waals surface area contributed by atoms with E-state index >= 15 is 0 Å². The first-order valence-electron chi connectivity index (χ1n) is 7.75. The third-order valence-corrected chi connectivity index (χ3v) is 4.27. The fourth-order valence-electron chi connectivity index (χ4n) is 2.65. The highest BCUT2D eigenvalue weighted by Crippen LogP contribution is 2.25. The number of ether oxygens (including phenoxy) is 2. The molecule has 2 heterocycles. The summed E-state index contributed by atoms with van der Waals surface area (Å²) < 4.78 is 10.7. The predicted octanol–water partition coefficient (Wildman–Crippen LogP) is 2.38. The molecule has 0 saturated carbocycles. The summed E-state index contributed by atoms with van der Waals surface area (Å²) in [6.07, 6.45) is 3.26. The molecule has 23 heavy (non-hydrogen) atoms.